The molecule has 2 atom stereocenters. The number of aliphatic hydroxyl groups excluding tert-OH is 2. The molecule has 38 heavy (non-hydrogen) atoms. The number of hydrogen-bond acceptors (Lipinski definition) is 5. The lowest BCUT2D eigenvalue weighted by atomic mass is 9.97. The van der Waals surface area contributed by atoms with Gasteiger partial charge in [-0.05, 0) is 42.3 Å². The van der Waals surface area contributed by atoms with Crippen LogP contribution in [-0.2, 0) is 24.1 Å². The van der Waals surface area contributed by atoms with Crippen molar-refractivity contribution in [2.45, 2.75) is 44.0 Å². The van der Waals surface area contributed by atoms with Crippen molar-refractivity contribution in [3.63, 3.8) is 0 Å². The highest BCUT2D eigenvalue weighted by molar-refractivity contribution is 6.30. The van der Waals surface area contributed by atoms with Gasteiger partial charge in [-0.1, -0.05) is 29.8 Å². The molecule has 206 valence electrons. The first-order chi connectivity index (χ1) is 17.7. The minimum Gasteiger partial charge on any atom is -0.396 e. The molecule has 3 N–H and O–H groups in total. The second kappa shape index (κ2) is 11.6. The van der Waals surface area contributed by atoms with Gasteiger partial charge in [0.25, 0.3) is 0 Å². The predicted octanol–water partition coefficient (Wildman–Crippen LogP) is 3.55. The first kappa shape index (κ1) is 29.2. The van der Waals surface area contributed by atoms with Gasteiger partial charge in [-0.15, -0.1) is 5.10 Å². The van der Waals surface area contributed by atoms with Crippen molar-refractivity contribution >= 4 is 17.5 Å². The Bertz CT molecular complexity index is 1320. The van der Waals surface area contributed by atoms with E-state index >= 15 is 0 Å². The highest BCUT2D eigenvalue weighted by Crippen LogP contribution is 2.35. The summed E-state index contributed by atoms with van der Waals surface area (Å²) >= 11 is 5.83. The molecule has 0 spiro atoms. The van der Waals surface area contributed by atoms with Crippen LogP contribution in [0.2, 0.25) is 5.02 Å². The first-order valence-electron chi connectivity index (χ1n) is 11.0. The molecule has 1 heterocycles. The number of aliphatic hydroxyl groups is 2. The van der Waals surface area contributed by atoms with E-state index in [4.69, 9.17) is 11.6 Å². The van der Waals surface area contributed by atoms with Crippen LogP contribution in [-0.4, -0.2) is 49.4 Å². The summed E-state index contributed by atoms with van der Waals surface area (Å²) in [6.45, 7) is -2.68. The van der Waals surface area contributed by atoms with Crippen LogP contribution in [0.15, 0.2) is 53.3 Å². The monoisotopic (exact) mass is 566 g/mol. The maximum atomic E-state index is 13.5. The number of nitrogens with one attached hydrogen (secondary N) is 1. The lowest BCUT2D eigenvalue weighted by Crippen LogP contribution is -2.39. The van der Waals surface area contributed by atoms with Gasteiger partial charge in [0.1, 0.15) is 6.54 Å². The molecule has 8 nitrogen and oxygen atoms in total. The molecule has 0 aliphatic heterocycles. The standard InChI is InChI=1S/C23H21ClF6N4O4/c24-14-7-5-13(6-8-14)20-32-34(21(38)33(20)11-18(36)23(28,29)30)12-19(37)31-17(9-10-35)15-3-1-2-4-16(15)22(25,26)27/h1-8,17-18,35-36H,9-12H2,(H,31,37)/t17-,18?/m0/s1. The Morgan fingerprint density at radius 1 is 1.05 bits per heavy atom. The summed E-state index contributed by atoms with van der Waals surface area (Å²) in [5.74, 6) is -1.30. The van der Waals surface area contributed by atoms with E-state index in [9.17, 15) is 46.1 Å². The normalized spacial score (nSPS) is 13.8. The van der Waals surface area contributed by atoms with E-state index < -0.39 is 61.4 Å². The zero-order valence-electron chi connectivity index (χ0n) is 19.3. The Hall–Kier alpha value is -3.36. The van der Waals surface area contributed by atoms with E-state index in [1.165, 1.54) is 30.3 Å². The number of benzene rings is 2. The van der Waals surface area contributed by atoms with Crippen LogP contribution in [0.3, 0.4) is 0 Å². The van der Waals surface area contributed by atoms with Gasteiger partial charge in [0.2, 0.25) is 5.91 Å². The summed E-state index contributed by atoms with van der Waals surface area (Å²) in [4.78, 5) is 25.6. The maximum Gasteiger partial charge on any atom is 0.416 e. The Balaban J connectivity index is 1.94. The second-order valence-corrected chi connectivity index (χ2v) is 8.59. The minimum absolute atomic E-state index is 0.150. The fourth-order valence-electron chi connectivity index (χ4n) is 3.67. The number of aromatic nitrogens is 3. The van der Waals surface area contributed by atoms with Crippen LogP contribution in [0.5, 0.6) is 0 Å². The Kier molecular flexibility index (Phi) is 8.90. The van der Waals surface area contributed by atoms with Crippen LogP contribution in [0.4, 0.5) is 26.3 Å². The predicted molar refractivity (Wildman–Crippen MR) is 123 cm³/mol. The van der Waals surface area contributed by atoms with Gasteiger partial charge in [0.15, 0.2) is 11.9 Å². The van der Waals surface area contributed by atoms with E-state index in [1.807, 2.05) is 0 Å². The zero-order chi connectivity index (χ0) is 28.3. The Labute approximate surface area is 216 Å². The molecule has 3 rings (SSSR count). The summed E-state index contributed by atoms with van der Waals surface area (Å²) in [5, 5.41) is 25.4. The van der Waals surface area contributed by atoms with E-state index in [2.05, 4.69) is 10.4 Å². The third-order valence-electron chi connectivity index (χ3n) is 5.45. The molecule has 0 aliphatic rings. The summed E-state index contributed by atoms with van der Waals surface area (Å²) < 4.78 is 80.4. The number of amides is 1. The largest absolute Gasteiger partial charge is 0.416 e. The fraction of sp³-hybridized carbons (Fsp3) is 0.348. The molecule has 0 bridgehead atoms. The smallest absolute Gasteiger partial charge is 0.396 e. The van der Waals surface area contributed by atoms with Crippen molar-refractivity contribution in [2.24, 2.45) is 0 Å². The molecule has 0 saturated carbocycles. The molecule has 1 amide bonds. The van der Waals surface area contributed by atoms with Gasteiger partial charge in [-0.25, -0.2) is 9.48 Å². The first-order valence-corrected chi connectivity index (χ1v) is 11.3. The van der Waals surface area contributed by atoms with Gasteiger partial charge in [0.05, 0.1) is 18.2 Å². The number of carbonyl (C=O) groups excluding carboxylic acids is 1. The van der Waals surface area contributed by atoms with E-state index in [1.54, 1.807) is 0 Å². The molecule has 1 aromatic heterocycles. The number of nitrogens with zero attached hydrogens (tertiary/aromatic N) is 3. The Morgan fingerprint density at radius 2 is 1.68 bits per heavy atom. The fourth-order valence-corrected chi connectivity index (χ4v) is 3.79. The summed E-state index contributed by atoms with van der Waals surface area (Å²) in [5.41, 5.74) is -2.39. The van der Waals surface area contributed by atoms with Crippen molar-refractivity contribution in [3.05, 3.63) is 75.2 Å². The average molecular weight is 567 g/mol. The van der Waals surface area contributed by atoms with Crippen LogP contribution in [0.25, 0.3) is 11.4 Å². The van der Waals surface area contributed by atoms with Crippen molar-refractivity contribution in [3.8, 4) is 11.4 Å². The molecular formula is C23H21ClF6N4O4. The highest BCUT2D eigenvalue weighted by atomic mass is 35.5. The number of hydrogen-bond donors (Lipinski definition) is 3. The van der Waals surface area contributed by atoms with Crippen LogP contribution >= 0.6 is 11.6 Å². The summed E-state index contributed by atoms with van der Waals surface area (Å²) in [6.07, 6.45) is -13.0. The molecule has 15 heteroatoms. The number of carbonyl (C=O) groups is 1. The quantitative estimate of drug-likeness (QED) is 0.343. The second-order valence-electron chi connectivity index (χ2n) is 8.16. The molecule has 0 fully saturated rings. The minimum atomic E-state index is -5.06. The van der Waals surface area contributed by atoms with E-state index in [-0.39, 0.29) is 28.4 Å². The van der Waals surface area contributed by atoms with Gasteiger partial charge >= 0.3 is 18.0 Å². The number of rotatable bonds is 9. The third-order valence-corrected chi connectivity index (χ3v) is 5.70. The van der Waals surface area contributed by atoms with Crippen molar-refractivity contribution in [1.29, 1.82) is 0 Å². The van der Waals surface area contributed by atoms with Crippen LogP contribution < -0.4 is 11.0 Å². The molecule has 3 aromatic rings. The van der Waals surface area contributed by atoms with Crippen LogP contribution in [0, 0.1) is 0 Å². The maximum absolute atomic E-state index is 13.5. The molecule has 0 aliphatic carbocycles. The SMILES string of the molecule is O=C(Cn1nc(-c2ccc(Cl)cc2)n(CC(O)C(F)(F)F)c1=O)N[C@@H](CCO)c1ccccc1C(F)(F)F. The van der Waals surface area contributed by atoms with Gasteiger partial charge in [-0.2, -0.15) is 26.3 Å². The third kappa shape index (κ3) is 6.94. The summed E-state index contributed by atoms with van der Waals surface area (Å²) in [7, 11) is 0. The van der Waals surface area contributed by atoms with Crippen molar-refractivity contribution in [2.75, 3.05) is 6.61 Å². The molecule has 0 saturated heterocycles. The average Bonchev–Trinajstić information content (AvgIpc) is 3.13. The summed E-state index contributed by atoms with van der Waals surface area (Å²) in [6, 6.07) is 8.59. The van der Waals surface area contributed by atoms with Crippen molar-refractivity contribution < 1.29 is 41.4 Å². The van der Waals surface area contributed by atoms with Gasteiger partial charge in [0, 0.05) is 17.2 Å². The molecule has 1 unspecified atom stereocenters. The number of alkyl halides is 6. The van der Waals surface area contributed by atoms with Gasteiger partial charge < -0.3 is 15.5 Å². The molecule has 0 radical (unpaired) electrons. The lowest BCUT2D eigenvalue weighted by molar-refractivity contribution is -0.207. The zero-order valence-corrected chi connectivity index (χ0v) is 20.1. The van der Waals surface area contributed by atoms with Crippen molar-refractivity contribution in [1.82, 2.24) is 19.7 Å². The molecular weight excluding hydrogens is 546 g/mol. The Morgan fingerprint density at radius 3 is 2.26 bits per heavy atom. The van der Waals surface area contributed by atoms with E-state index in [0.29, 0.717) is 9.25 Å². The van der Waals surface area contributed by atoms with Gasteiger partial charge in [-0.3, -0.25) is 9.36 Å². The lowest BCUT2D eigenvalue weighted by Gasteiger charge is -2.22. The topological polar surface area (TPSA) is 109 Å². The highest BCUT2D eigenvalue weighted by Gasteiger charge is 2.39. The number of halogens is 7. The van der Waals surface area contributed by atoms with Crippen LogP contribution in [0.1, 0.15) is 23.6 Å². The molecule has 2 aromatic carbocycles. The van der Waals surface area contributed by atoms with E-state index in [0.717, 1.165) is 18.2 Å².